The molecule has 29 heavy (non-hydrogen) atoms. The molecule has 1 aliphatic carbocycles. The molecule has 0 bridgehead atoms. The topological polar surface area (TPSA) is 88.5 Å². The van der Waals surface area contributed by atoms with Crippen LogP contribution >= 0.6 is 0 Å². The van der Waals surface area contributed by atoms with E-state index in [1.807, 2.05) is 0 Å². The highest BCUT2D eigenvalue weighted by atomic mass is 32.3. The van der Waals surface area contributed by atoms with Crippen molar-refractivity contribution in [3.63, 3.8) is 0 Å². The van der Waals surface area contributed by atoms with Crippen LogP contribution in [0.1, 0.15) is 26.7 Å². The van der Waals surface area contributed by atoms with Gasteiger partial charge in [-0.25, -0.2) is 16.8 Å². The first kappa shape index (κ1) is 21.7. The Morgan fingerprint density at radius 1 is 0.897 bits per heavy atom. The largest absolute Gasteiger partial charge is 0.390 e. The fourth-order valence-electron chi connectivity index (χ4n) is 4.30. The van der Waals surface area contributed by atoms with E-state index >= 15 is 0 Å². The predicted octanol–water partition coefficient (Wildman–Crippen LogP) is 3.61. The first-order chi connectivity index (χ1) is 13.5. The van der Waals surface area contributed by atoms with E-state index in [1.54, 1.807) is 56.3 Å². The molecule has 1 saturated carbocycles. The van der Waals surface area contributed by atoms with Gasteiger partial charge in [-0.1, -0.05) is 42.5 Å². The second-order valence-electron chi connectivity index (χ2n) is 8.11. The van der Waals surface area contributed by atoms with Crippen LogP contribution in [0.3, 0.4) is 0 Å². The fraction of sp³-hybridized carbons (Fsp3) is 0.364. The summed E-state index contributed by atoms with van der Waals surface area (Å²) < 4.78 is 53.2. The summed E-state index contributed by atoms with van der Waals surface area (Å²) >= 11 is 0. The van der Waals surface area contributed by atoms with Gasteiger partial charge in [-0.3, -0.25) is 0 Å². The van der Waals surface area contributed by atoms with Crippen molar-refractivity contribution in [2.75, 3.05) is 0 Å². The second-order valence-corrected chi connectivity index (χ2v) is 12.9. The third-order valence-electron chi connectivity index (χ3n) is 5.89. The van der Waals surface area contributed by atoms with Crippen molar-refractivity contribution in [3.8, 4) is 0 Å². The minimum absolute atomic E-state index is 0.0429. The van der Waals surface area contributed by atoms with Gasteiger partial charge in [-0.2, -0.15) is 0 Å². The van der Waals surface area contributed by atoms with Gasteiger partial charge in [0, 0.05) is 0 Å². The lowest BCUT2D eigenvalue weighted by Gasteiger charge is -2.31. The predicted molar refractivity (Wildman–Crippen MR) is 113 cm³/mol. The summed E-state index contributed by atoms with van der Waals surface area (Å²) in [6.07, 6.45) is 1.20. The maximum absolute atomic E-state index is 13.8. The van der Waals surface area contributed by atoms with E-state index in [1.165, 1.54) is 24.3 Å². The molecular weight excluding hydrogens is 408 g/mol. The molecular formula is C22H26O5S2. The number of sulfone groups is 2. The summed E-state index contributed by atoms with van der Waals surface area (Å²) in [5.41, 5.74) is -1.26. The van der Waals surface area contributed by atoms with Crippen LogP contribution in [0.2, 0.25) is 0 Å². The Morgan fingerprint density at radius 2 is 1.31 bits per heavy atom. The molecule has 2 aromatic rings. The molecule has 2 aromatic carbocycles. The minimum atomic E-state index is -4.29. The van der Waals surface area contributed by atoms with E-state index in [4.69, 9.17) is 0 Å². The molecule has 7 heteroatoms. The number of hydrogen-bond donors (Lipinski definition) is 1. The third kappa shape index (κ3) is 3.45. The maximum Gasteiger partial charge on any atom is 0.198 e. The first-order valence-corrected chi connectivity index (χ1v) is 12.4. The molecule has 0 heterocycles. The zero-order valence-corrected chi connectivity index (χ0v) is 18.2. The molecule has 156 valence electrons. The van der Waals surface area contributed by atoms with Gasteiger partial charge in [0.2, 0.25) is 0 Å². The molecule has 1 aliphatic rings. The van der Waals surface area contributed by atoms with Gasteiger partial charge in [0.1, 0.15) is 0 Å². The molecule has 2 atom stereocenters. The summed E-state index contributed by atoms with van der Waals surface area (Å²) in [5, 5.41) is 10.7. The Kier molecular flexibility index (Phi) is 5.53. The Labute approximate surface area is 172 Å². The van der Waals surface area contributed by atoms with Crippen LogP contribution in [0.25, 0.3) is 0 Å². The van der Waals surface area contributed by atoms with Crippen molar-refractivity contribution < 1.29 is 21.9 Å². The van der Waals surface area contributed by atoms with E-state index in [9.17, 15) is 21.9 Å². The molecule has 0 aromatic heterocycles. The molecule has 0 radical (unpaired) electrons. The van der Waals surface area contributed by atoms with Gasteiger partial charge in [-0.05, 0) is 62.8 Å². The Morgan fingerprint density at radius 3 is 1.62 bits per heavy atom. The molecule has 5 nitrogen and oxygen atoms in total. The summed E-state index contributed by atoms with van der Waals surface area (Å²) in [4.78, 5) is -0.0857. The molecule has 2 unspecified atom stereocenters. The van der Waals surface area contributed by atoms with Crippen LogP contribution in [-0.4, -0.2) is 31.6 Å². The Bertz CT molecular complexity index is 1010. The molecule has 0 saturated heterocycles. The maximum atomic E-state index is 13.8. The number of rotatable bonds is 6. The fourth-order valence-corrected chi connectivity index (χ4v) is 9.55. The van der Waals surface area contributed by atoms with Gasteiger partial charge < -0.3 is 5.11 Å². The highest BCUT2D eigenvalue weighted by molar-refractivity contribution is 8.10. The molecule has 3 rings (SSSR count). The second kappa shape index (κ2) is 7.38. The standard InChI is InChI=1S/C22H26O5S2/c1-4-17-15-22(16-20(17)21(2,3)23,28(24,25)18-11-7-5-8-12-18)29(26,27)19-13-9-6-10-14-19/h4-14,17,20,23H,1,15-16H2,2-3H3. The zero-order valence-electron chi connectivity index (χ0n) is 16.5. The average molecular weight is 435 g/mol. The first-order valence-electron chi connectivity index (χ1n) is 9.42. The molecule has 0 amide bonds. The van der Waals surface area contributed by atoms with E-state index in [0.717, 1.165) is 0 Å². The summed E-state index contributed by atoms with van der Waals surface area (Å²) in [5.74, 6) is -1.04. The number of benzene rings is 2. The monoisotopic (exact) mass is 434 g/mol. The van der Waals surface area contributed by atoms with Gasteiger partial charge >= 0.3 is 0 Å². The average Bonchev–Trinajstić information content (AvgIpc) is 3.12. The van der Waals surface area contributed by atoms with E-state index in [0.29, 0.717) is 0 Å². The van der Waals surface area contributed by atoms with Crippen LogP contribution in [0.5, 0.6) is 0 Å². The lowest BCUT2D eigenvalue weighted by molar-refractivity contribution is 0.00775. The smallest absolute Gasteiger partial charge is 0.198 e. The third-order valence-corrected chi connectivity index (χ3v) is 11.6. The molecule has 1 fully saturated rings. The molecule has 0 spiro atoms. The van der Waals surface area contributed by atoms with Crippen LogP contribution in [-0.2, 0) is 19.7 Å². The summed E-state index contributed by atoms with van der Waals surface area (Å²) in [6, 6.07) is 15.3. The van der Waals surface area contributed by atoms with Gasteiger partial charge in [0.15, 0.2) is 23.8 Å². The van der Waals surface area contributed by atoms with Crippen molar-refractivity contribution >= 4 is 19.7 Å². The van der Waals surface area contributed by atoms with Crippen LogP contribution < -0.4 is 0 Å². The SMILES string of the molecule is C=CC1CC(S(=O)(=O)c2ccccc2)(S(=O)(=O)c2ccccc2)CC1C(C)(C)O. The molecule has 1 N–H and O–H groups in total. The molecule has 0 aliphatic heterocycles. The number of hydrogen-bond acceptors (Lipinski definition) is 5. The summed E-state index contributed by atoms with van der Waals surface area (Å²) in [6.45, 7) is 6.94. The van der Waals surface area contributed by atoms with Crippen molar-refractivity contribution in [1.82, 2.24) is 0 Å². The normalized spacial score (nSPS) is 22.3. The van der Waals surface area contributed by atoms with E-state index < -0.39 is 41.2 Å². The number of allylic oxidation sites excluding steroid dienone is 1. The van der Waals surface area contributed by atoms with Crippen molar-refractivity contribution in [3.05, 3.63) is 73.3 Å². The Balaban J connectivity index is 2.31. The van der Waals surface area contributed by atoms with Crippen molar-refractivity contribution in [2.45, 2.75) is 46.2 Å². The van der Waals surface area contributed by atoms with Crippen molar-refractivity contribution in [2.24, 2.45) is 11.8 Å². The lowest BCUT2D eigenvalue weighted by atomic mass is 9.83. The van der Waals surface area contributed by atoms with Gasteiger partial charge in [0.05, 0.1) is 15.4 Å². The van der Waals surface area contributed by atoms with E-state index in [2.05, 4.69) is 6.58 Å². The van der Waals surface area contributed by atoms with Crippen LogP contribution in [0, 0.1) is 11.8 Å². The lowest BCUT2D eigenvalue weighted by Crippen LogP contribution is -2.45. The van der Waals surface area contributed by atoms with Crippen LogP contribution in [0.4, 0.5) is 0 Å². The highest BCUT2D eigenvalue weighted by Gasteiger charge is 2.63. The summed E-state index contributed by atoms with van der Waals surface area (Å²) in [7, 11) is -8.58. The minimum Gasteiger partial charge on any atom is -0.390 e. The number of aliphatic hydroxyl groups is 1. The highest BCUT2D eigenvalue weighted by Crippen LogP contribution is 2.54. The van der Waals surface area contributed by atoms with Gasteiger partial charge in [-0.15, -0.1) is 6.58 Å². The van der Waals surface area contributed by atoms with Gasteiger partial charge in [0.25, 0.3) is 0 Å². The Hall–Kier alpha value is -1.96. The van der Waals surface area contributed by atoms with Crippen molar-refractivity contribution in [1.29, 1.82) is 0 Å². The van der Waals surface area contributed by atoms with Crippen LogP contribution in [0.15, 0.2) is 83.1 Å². The van der Waals surface area contributed by atoms with E-state index in [-0.39, 0.29) is 22.6 Å². The quantitative estimate of drug-likeness (QED) is 0.702. The zero-order chi connectivity index (χ0) is 21.5.